The number of alkyl halides is 3. The number of nitrogens with zero attached hydrogens (tertiary/aromatic N) is 2. The molecule has 222 valence electrons. The van der Waals surface area contributed by atoms with Crippen molar-refractivity contribution < 1.29 is 31.1 Å². The predicted octanol–water partition coefficient (Wildman–Crippen LogP) is 5.58. The molecule has 13 heteroatoms. The van der Waals surface area contributed by atoms with Crippen molar-refractivity contribution in [1.29, 1.82) is 0 Å². The highest BCUT2D eigenvalue weighted by molar-refractivity contribution is 7.89. The molecule has 2 heterocycles. The van der Waals surface area contributed by atoms with Crippen molar-refractivity contribution in [3.8, 4) is 0 Å². The van der Waals surface area contributed by atoms with Gasteiger partial charge in [-0.15, -0.1) is 0 Å². The van der Waals surface area contributed by atoms with E-state index in [1.165, 1.54) is 40.7 Å². The summed E-state index contributed by atoms with van der Waals surface area (Å²) in [6, 6.07) is 10.6. The molecule has 1 amide bonds. The largest absolute Gasteiger partial charge is 0.447 e. The van der Waals surface area contributed by atoms with Gasteiger partial charge in [-0.25, -0.2) is 13.2 Å². The van der Waals surface area contributed by atoms with Gasteiger partial charge in [0.25, 0.3) is 0 Å². The molecule has 1 aliphatic rings. The van der Waals surface area contributed by atoms with E-state index in [9.17, 15) is 31.2 Å². The zero-order valence-electron chi connectivity index (χ0n) is 22.8. The highest BCUT2D eigenvalue weighted by atomic mass is 32.2. The van der Waals surface area contributed by atoms with Gasteiger partial charge in [0.1, 0.15) is 6.61 Å². The summed E-state index contributed by atoms with van der Waals surface area (Å²) >= 11 is 0. The van der Waals surface area contributed by atoms with Gasteiger partial charge in [0.05, 0.1) is 16.5 Å². The lowest BCUT2D eigenvalue weighted by Crippen LogP contribution is -2.34. The predicted molar refractivity (Wildman–Crippen MR) is 151 cm³/mol. The number of rotatable bonds is 10. The standard InChI is InChI=1S/C28H33F3N4O5S/c1-3-13-34(14-4-2)41(38,39)22-10-7-19(8-11-22)32-27(37)40-18-21-6-5-15-35(21)20-9-12-25-23(16-20)24(28(29,30)31)17-26(36)33-25/h7-12,16-17,21H,3-6,13-15,18H2,1-2H3,(H,32,37)(H,33,36)/t21-/m1/s1. The van der Waals surface area contributed by atoms with E-state index in [0.29, 0.717) is 56.3 Å². The van der Waals surface area contributed by atoms with Crippen molar-refractivity contribution >= 4 is 38.4 Å². The van der Waals surface area contributed by atoms with Gasteiger partial charge < -0.3 is 14.6 Å². The van der Waals surface area contributed by atoms with Crippen LogP contribution in [0.5, 0.6) is 0 Å². The first-order valence-corrected chi connectivity index (χ1v) is 14.9. The molecule has 0 radical (unpaired) electrons. The van der Waals surface area contributed by atoms with Crippen molar-refractivity contribution in [2.24, 2.45) is 0 Å². The number of pyridine rings is 1. The normalized spacial score (nSPS) is 16.0. The summed E-state index contributed by atoms with van der Waals surface area (Å²) in [7, 11) is -3.65. The van der Waals surface area contributed by atoms with Gasteiger partial charge in [0.2, 0.25) is 15.6 Å². The lowest BCUT2D eigenvalue weighted by Gasteiger charge is -2.27. The van der Waals surface area contributed by atoms with Gasteiger partial charge >= 0.3 is 12.3 Å². The van der Waals surface area contributed by atoms with E-state index in [1.807, 2.05) is 18.7 Å². The second-order valence-electron chi connectivity index (χ2n) is 9.92. The first-order chi connectivity index (χ1) is 19.4. The van der Waals surface area contributed by atoms with Crippen LogP contribution >= 0.6 is 0 Å². The number of carbonyl (C=O) groups is 1. The molecule has 1 fully saturated rings. The zero-order valence-corrected chi connectivity index (χ0v) is 23.6. The van der Waals surface area contributed by atoms with E-state index in [2.05, 4.69) is 10.3 Å². The van der Waals surface area contributed by atoms with Crippen LogP contribution in [0.3, 0.4) is 0 Å². The van der Waals surface area contributed by atoms with Crippen LogP contribution < -0.4 is 15.8 Å². The Morgan fingerprint density at radius 3 is 2.41 bits per heavy atom. The average molecular weight is 595 g/mol. The van der Waals surface area contributed by atoms with E-state index in [4.69, 9.17) is 4.74 Å². The van der Waals surface area contributed by atoms with Gasteiger partial charge in [-0.2, -0.15) is 17.5 Å². The Kier molecular flexibility index (Phi) is 9.27. The molecule has 3 aromatic rings. The van der Waals surface area contributed by atoms with Crippen LogP contribution in [0.15, 0.2) is 58.2 Å². The summed E-state index contributed by atoms with van der Waals surface area (Å²) in [5, 5.41) is 2.47. The van der Waals surface area contributed by atoms with Crippen LogP contribution in [0, 0.1) is 0 Å². The average Bonchev–Trinajstić information content (AvgIpc) is 3.39. The highest BCUT2D eigenvalue weighted by Crippen LogP contribution is 2.36. The van der Waals surface area contributed by atoms with Crippen molar-refractivity contribution in [3.63, 3.8) is 0 Å². The number of fused-ring (bicyclic) bond motifs is 1. The fraction of sp³-hybridized carbons (Fsp3) is 0.429. The first-order valence-electron chi connectivity index (χ1n) is 13.5. The number of halogens is 3. The Hall–Kier alpha value is -3.58. The van der Waals surface area contributed by atoms with Gasteiger partial charge in [0, 0.05) is 48.0 Å². The quantitative estimate of drug-likeness (QED) is 0.317. The lowest BCUT2D eigenvalue weighted by molar-refractivity contribution is -0.136. The molecule has 4 rings (SSSR count). The second kappa shape index (κ2) is 12.5. The number of anilines is 2. The number of aromatic nitrogens is 1. The third kappa shape index (κ3) is 7.02. The molecule has 2 N–H and O–H groups in total. The van der Waals surface area contributed by atoms with Crippen molar-refractivity contribution in [1.82, 2.24) is 9.29 Å². The molecule has 1 aromatic heterocycles. The number of H-pyrrole nitrogens is 1. The second-order valence-corrected chi connectivity index (χ2v) is 11.9. The van der Waals surface area contributed by atoms with Crippen LogP contribution in [0.2, 0.25) is 0 Å². The monoisotopic (exact) mass is 594 g/mol. The van der Waals surface area contributed by atoms with E-state index in [0.717, 1.165) is 6.42 Å². The molecule has 0 spiro atoms. The molecular formula is C28H33F3N4O5S. The molecule has 9 nitrogen and oxygen atoms in total. The lowest BCUT2D eigenvalue weighted by atomic mass is 10.1. The first kappa shape index (κ1) is 30.4. The SMILES string of the molecule is CCCN(CCC)S(=O)(=O)c1ccc(NC(=O)OC[C@H]2CCCN2c2ccc3[nH]c(=O)cc(C(F)(F)F)c3c2)cc1. The number of hydrogen-bond acceptors (Lipinski definition) is 6. The highest BCUT2D eigenvalue weighted by Gasteiger charge is 2.34. The topological polar surface area (TPSA) is 112 Å². The summed E-state index contributed by atoms with van der Waals surface area (Å²) in [6.45, 7) is 5.23. The summed E-state index contributed by atoms with van der Waals surface area (Å²) in [5.41, 5.74) is -0.868. The fourth-order valence-electron chi connectivity index (χ4n) is 5.04. The van der Waals surface area contributed by atoms with Crippen LogP contribution in [0.1, 0.15) is 45.1 Å². The Balaban J connectivity index is 1.41. The zero-order chi connectivity index (χ0) is 29.8. The molecular weight excluding hydrogens is 561 g/mol. The van der Waals surface area contributed by atoms with E-state index in [-0.39, 0.29) is 28.4 Å². The van der Waals surface area contributed by atoms with Crippen LogP contribution in [0.4, 0.5) is 29.3 Å². The molecule has 0 saturated carbocycles. The third-order valence-corrected chi connectivity index (χ3v) is 8.84. The minimum absolute atomic E-state index is 0.00290. The number of sulfonamides is 1. The van der Waals surface area contributed by atoms with E-state index >= 15 is 0 Å². The third-order valence-electron chi connectivity index (χ3n) is 6.93. The van der Waals surface area contributed by atoms with Gasteiger partial charge in [-0.3, -0.25) is 10.1 Å². The molecule has 2 aromatic carbocycles. The Labute approximate surface area is 236 Å². The van der Waals surface area contributed by atoms with Crippen LogP contribution in [-0.4, -0.2) is 56.1 Å². The molecule has 1 aliphatic heterocycles. The number of amides is 1. The smallest absolute Gasteiger partial charge is 0.417 e. The molecule has 0 bridgehead atoms. The molecule has 1 atom stereocenters. The molecule has 0 unspecified atom stereocenters. The summed E-state index contributed by atoms with van der Waals surface area (Å²) in [4.78, 5) is 28.7. The van der Waals surface area contributed by atoms with Crippen molar-refractivity contribution in [2.45, 2.75) is 56.6 Å². The van der Waals surface area contributed by atoms with Crippen molar-refractivity contribution in [2.75, 3.05) is 36.5 Å². The number of aromatic amines is 1. The summed E-state index contributed by atoms with van der Waals surface area (Å²) < 4.78 is 73.5. The maximum Gasteiger partial charge on any atom is 0.417 e. The maximum absolute atomic E-state index is 13.6. The Morgan fingerprint density at radius 2 is 1.78 bits per heavy atom. The van der Waals surface area contributed by atoms with Gasteiger partial charge in [-0.05, 0) is 68.1 Å². The number of hydrogen-bond donors (Lipinski definition) is 2. The minimum atomic E-state index is -4.69. The molecule has 41 heavy (non-hydrogen) atoms. The maximum atomic E-state index is 13.6. The van der Waals surface area contributed by atoms with Gasteiger partial charge in [-0.1, -0.05) is 13.8 Å². The van der Waals surface area contributed by atoms with Crippen LogP contribution in [0.25, 0.3) is 10.9 Å². The Morgan fingerprint density at radius 1 is 1.10 bits per heavy atom. The molecule has 1 saturated heterocycles. The van der Waals surface area contributed by atoms with Gasteiger partial charge in [0.15, 0.2) is 0 Å². The minimum Gasteiger partial charge on any atom is -0.447 e. The van der Waals surface area contributed by atoms with E-state index < -0.39 is 33.4 Å². The molecule has 0 aliphatic carbocycles. The summed E-state index contributed by atoms with van der Waals surface area (Å²) in [5.74, 6) is 0. The van der Waals surface area contributed by atoms with Crippen molar-refractivity contribution in [3.05, 3.63) is 64.4 Å². The number of nitrogens with one attached hydrogen (secondary N) is 2. The van der Waals surface area contributed by atoms with Crippen LogP contribution in [-0.2, 0) is 20.9 Å². The fourth-order valence-corrected chi connectivity index (χ4v) is 6.66. The Bertz CT molecular complexity index is 1540. The number of ether oxygens (including phenoxy) is 1. The summed E-state index contributed by atoms with van der Waals surface area (Å²) in [6.07, 6.45) is -2.61. The number of carbonyl (C=O) groups excluding carboxylic acids is 1. The van der Waals surface area contributed by atoms with E-state index in [1.54, 1.807) is 6.07 Å². The number of benzene rings is 2.